The minimum atomic E-state index is -1.79. The first-order valence-corrected chi connectivity index (χ1v) is 11.7. The average Bonchev–Trinajstić information content (AvgIpc) is 3.20. The number of esters is 4. The number of nitro groups is 1. The maximum absolute atomic E-state index is 12.5. The predicted molar refractivity (Wildman–Crippen MR) is 124 cm³/mol. The van der Waals surface area contributed by atoms with E-state index in [1.807, 2.05) is 0 Å². The monoisotopic (exact) mass is 541 g/mol. The lowest BCUT2D eigenvalue weighted by molar-refractivity contribution is -0.547. The fourth-order valence-electron chi connectivity index (χ4n) is 4.38. The first-order chi connectivity index (χ1) is 17.7. The summed E-state index contributed by atoms with van der Waals surface area (Å²) in [6.07, 6.45) is -8.09. The highest BCUT2D eigenvalue weighted by molar-refractivity contribution is 5.76. The lowest BCUT2D eigenvalue weighted by Gasteiger charge is -2.45. The lowest BCUT2D eigenvalue weighted by Crippen LogP contribution is -2.66. The van der Waals surface area contributed by atoms with Crippen LogP contribution in [0.1, 0.15) is 58.5 Å². The molecule has 0 N–H and O–H groups in total. The van der Waals surface area contributed by atoms with E-state index in [1.54, 1.807) is 13.0 Å². The van der Waals surface area contributed by atoms with Crippen LogP contribution >= 0.6 is 0 Å². The Kier molecular flexibility index (Phi) is 10.5. The molecule has 14 nitrogen and oxygen atoms in total. The number of nitrogens with zero attached hydrogens (tertiary/aromatic N) is 1. The van der Waals surface area contributed by atoms with Gasteiger partial charge in [-0.05, 0) is 26.0 Å². The molecule has 7 atom stereocenters. The molecule has 0 aliphatic carbocycles. The lowest BCUT2D eigenvalue weighted by atomic mass is 9.82. The quantitative estimate of drug-likeness (QED) is 0.169. The minimum Gasteiger partial charge on any atom is -0.466 e. The van der Waals surface area contributed by atoms with Gasteiger partial charge in [0.25, 0.3) is 6.04 Å². The molecule has 1 aliphatic heterocycles. The number of carbonyl (C=O) groups is 5. The standard InChI is InChI=1S/C24H31NO13/c1-11(26)9-17(18-8-7-12(2)34-18)20(25(31)32)22-24(37-16(6)30)23(36-15(5)29)21(35-14(4)28)19(38-22)10-33-13(3)27/h7-8,17,19-24H,9-10H2,1-6H3. The first kappa shape index (κ1) is 30.4. The van der Waals surface area contributed by atoms with Crippen LogP contribution in [0.2, 0.25) is 0 Å². The third-order valence-corrected chi connectivity index (χ3v) is 5.65. The van der Waals surface area contributed by atoms with Crippen molar-refractivity contribution in [2.75, 3.05) is 6.61 Å². The van der Waals surface area contributed by atoms with Gasteiger partial charge >= 0.3 is 23.9 Å². The number of Topliss-reactive ketones (excluding diaryl/α,β-unsaturated/α-hetero) is 1. The number of carbonyl (C=O) groups excluding carboxylic acids is 5. The second-order valence-corrected chi connectivity index (χ2v) is 8.90. The molecule has 7 unspecified atom stereocenters. The normalized spacial score (nSPS) is 24.4. The molecule has 1 aliphatic rings. The van der Waals surface area contributed by atoms with E-state index in [9.17, 15) is 34.1 Å². The van der Waals surface area contributed by atoms with Gasteiger partial charge in [0.15, 0.2) is 24.4 Å². The van der Waals surface area contributed by atoms with E-state index < -0.39 is 83.7 Å². The van der Waals surface area contributed by atoms with Crippen molar-refractivity contribution in [2.24, 2.45) is 0 Å². The van der Waals surface area contributed by atoms with Crippen molar-refractivity contribution in [3.63, 3.8) is 0 Å². The molecular formula is C24H31NO13. The van der Waals surface area contributed by atoms with Crippen molar-refractivity contribution in [3.8, 4) is 0 Å². The Hall–Kier alpha value is -3.81. The molecule has 38 heavy (non-hydrogen) atoms. The SMILES string of the molecule is CC(=O)CC(c1ccc(C)o1)C(C1OC(COC(C)=O)C(OC(C)=O)C(OC(C)=O)C1OC(C)=O)[N+](=O)[O-]. The van der Waals surface area contributed by atoms with E-state index in [0.717, 1.165) is 27.7 Å². The highest BCUT2D eigenvalue weighted by Crippen LogP contribution is 2.38. The molecule has 210 valence electrons. The molecule has 1 aromatic rings. The maximum Gasteiger partial charge on any atom is 0.303 e. The second kappa shape index (κ2) is 13.1. The summed E-state index contributed by atoms with van der Waals surface area (Å²) in [4.78, 5) is 71.5. The van der Waals surface area contributed by atoms with Gasteiger partial charge in [0.2, 0.25) is 0 Å². The van der Waals surface area contributed by atoms with Crippen LogP contribution in [0.25, 0.3) is 0 Å². The topological polar surface area (TPSA) is 188 Å². The van der Waals surface area contributed by atoms with Gasteiger partial charge in [-0.2, -0.15) is 0 Å². The maximum atomic E-state index is 12.5. The summed E-state index contributed by atoms with van der Waals surface area (Å²) < 4.78 is 32.6. The number of aryl methyl sites for hydroxylation is 1. The molecular weight excluding hydrogens is 510 g/mol. The summed E-state index contributed by atoms with van der Waals surface area (Å²) in [6.45, 7) is 6.54. The van der Waals surface area contributed by atoms with Gasteiger partial charge in [0.1, 0.15) is 30.0 Å². The predicted octanol–water partition coefficient (Wildman–Crippen LogP) is 1.42. The van der Waals surface area contributed by atoms with Crippen LogP contribution in [0.15, 0.2) is 16.5 Å². The van der Waals surface area contributed by atoms with Crippen LogP contribution in [0.3, 0.4) is 0 Å². The van der Waals surface area contributed by atoms with Crippen LogP contribution in [-0.2, 0) is 47.7 Å². The fraction of sp³-hybridized carbons (Fsp3) is 0.625. The first-order valence-electron chi connectivity index (χ1n) is 11.7. The third kappa shape index (κ3) is 8.10. The number of ketones is 1. The zero-order chi connectivity index (χ0) is 28.7. The summed E-state index contributed by atoms with van der Waals surface area (Å²) in [5.74, 6) is -4.42. The van der Waals surface area contributed by atoms with E-state index in [0.29, 0.717) is 5.76 Å². The Morgan fingerprint density at radius 2 is 1.45 bits per heavy atom. The summed E-state index contributed by atoms with van der Waals surface area (Å²) in [5, 5.41) is 12.5. The van der Waals surface area contributed by atoms with Crippen molar-refractivity contribution in [2.45, 2.75) is 90.4 Å². The highest BCUT2D eigenvalue weighted by Gasteiger charge is 2.59. The molecule has 0 bridgehead atoms. The molecule has 14 heteroatoms. The average molecular weight is 542 g/mol. The molecule has 0 amide bonds. The zero-order valence-corrected chi connectivity index (χ0v) is 21.9. The van der Waals surface area contributed by atoms with Crippen LogP contribution < -0.4 is 0 Å². The molecule has 2 rings (SSSR count). The molecule has 0 saturated carbocycles. The van der Waals surface area contributed by atoms with E-state index in [2.05, 4.69) is 0 Å². The Labute approximate surface area is 218 Å². The minimum absolute atomic E-state index is 0.104. The van der Waals surface area contributed by atoms with Crippen molar-refractivity contribution in [1.29, 1.82) is 0 Å². The smallest absolute Gasteiger partial charge is 0.303 e. The number of ether oxygens (including phenoxy) is 5. The van der Waals surface area contributed by atoms with E-state index in [-0.39, 0.29) is 12.2 Å². The van der Waals surface area contributed by atoms with Crippen LogP contribution in [0.4, 0.5) is 0 Å². The number of furan rings is 1. The highest BCUT2D eigenvalue weighted by atomic mass is 16.7. The van der Waals surface area contributed by atoms with Crippen molar-refractivity contribution >= 4 is 29.7 Å². The third-order valence-electron chi connectivity index (χ3n) is 5.65. The Morgan fingerprint density at radius 3 is 1.89 bits per heavy atom. The number of hydrogen-bond donors (Lipinski definition) is 0. The van der Waals surface area contributed by atoms with Crippen LogP contribution in [0, 0.1) is 17.0 Å². The molecule has 0 aromatic carbocycles. The Morgan fingerprint density at radius 1 is 0.895 bits per heavy atom. The van der Waals surface area contributed by atoms with Crippen molar-refractivity contribution in [1.82, 2.24) is 0 Å². The van der Waals surface area contributed by atoms with Gasteiger partial charge in [-0.3, -0.25) is 34.1 Å². The molecule has 0 radical (unpaired) electrons. The van der Waals surface area contributed by atoms with Crippen LogP contribution in [-0.4, -0.2) is 77.8 Å². The molecule has 0 spiro atoms. The van der Waals surface area contributed by atoms with Crippen LogP contribution in [0.5, 0.6) is 0 Å². The van der Waals surface area contributed by atoms with Gasteiger partial charge in [0.05, 0.1) is 5.92 Å². The zero-order valence-electron chi connectivity index (χ0n) is 21.9. The van der Waals surface area contributed by atoms with E-state index >= 15 is 0 Å². The largest absolute Gasteiger partial charge is 0.466 e. The molecule has 1 aromatic heterocycles. The molecule has 2 heterocycles. The molecule has 1 fully saturated rings. The van der Waals surface area contributed by atoms with Gasteiger partial charge in [-0.15, -0.1) is 0 Å². The van der Waals surface area contributed by atoms with Gasteiger partial charge in [-0.25, -0.2) is 0 Å². The summed E-state index contributed by atoms with van der Waals surface area (Å²) >= 11 is 0. The van der Waals surface area contributed by atoms with Gasteiger partial charge in [-0.1, -0.05) is 0 Å². The molecule has 1 saturated heterocycles. The van der Waals surface area contributed by atoms with Gasteiger partial charge in [0, 0.05) is 39.0 Å². The number of hydrogen-bond acceptors (Lipinski definition) is 13. The summed E-state index contributed by atoms with van der Waals surface area (Å²) in [6, 6.07) is 1.25. The van der Waals surface area contributed by atoms with E-state index in [1.165, 1.54) is 13.0 Å². The van der Waals surface area contributed by atoms with E-state index in [4.69, 9.17) is 28.1 Å². The van der Waals surface area contributed by atoms with Crippen molar-refractivity contribution < 1.29 is 57.0 Å². The summed E-state index contributed by atoms with van der Waals surface area (Å²) in [5.41, 5.74) is 0. The summed E-state index contributed by atoms with van der Waals surface area (Å²) in [7, 11) is 0. The fourth-order valence-corrected chi connectivity index (χ4v) is 4.38. The second-order valence-electron chi connectivity index (χ2n) is 8.90. The van der Waals surface area contributed by atoms with Crippen molar-refractivity contribution in [3.05, 3.63) is 33.8 Å². The number of rotatable bonds is 11. The Bertz CT molecular complexity index is 1060. The van der Waals surface area contributed by atoms with Gasteiger partial charge < -0.3 is 28.1 Å². The Balaban J connectivity index is 2.72.